The van der Waals surface area contributed by atoms with Crippen molar-refractivity contribution in [3.8, 4) is 0 Å². The number of hydrogen-bond acceptors (Lipinski definition) is 3. The Morgan fingerprint density at radius 1 is 1.11 bits per heavy atom. The third-order valence-corrected chi connectivity index (χ3v) is 4.33. The van der Waals surface area contributed by atoms with Gasteiger partial charge in [0.2, 0.25) is 5.91 Å². The summed E-state index contributed by atoms with van der Waals surface area (Å²) in [6.45, 7) is 1.74. The van der Waals surface area contributed by atoms with E-state index in [1.807, 2.05) is 0 Å². The Morgan fingerprint density at radius 3 is 2.56 bits per heavy atom. The van der Waals surface area contributed by atoms with Crippen LogP contribution >= 0.6 is 0 Å². The molecule has 18 heavy (non-hydrogen) atoms. The molecule has 0 spiro atoms. The van der Waals surface area contributed by atoms with Gasteiger partial charge in [-0.05, 0) is 25.7 Å². The van der Waals surface area contributed by atoms with Crippen molar-refractivity contribution in [2.45, 2.75) is 63.5 Å². The minimum absolute atomic E-state index is 0.177. The third kappa shape index (κ3) is 3.69. The second kappa shape index (κ2) is 7.10. The number of aliphatic hydroxyl groups is 1. The molecule has 1 saturated heterocycles. The summed E-state index contributed by atoms with van der Waals surface area (Å²) in [5.74, 6) is 0.177. The van der Waals surface area contributed by atoms with E-state index in [2.05, 4.69) is 10.2 Å². The lowest BCUT2D eigenvalue weighted by Gasteiger charge is -2.39. The van der Waals surface area contributed by atoms with Crippen molar-refractivity contribution in [2.24, 2.45) is 0 Å². The molecule has 1 unspecified atom stereocenters. The zero-order chi connectivity index (χ0) is 12.8. The number of nitrogens with one attached hydrogen (secondary N) is 1. The largest absolute Gasteiger partial charge is 0.395 e. The Labute approximate surface area is 110 Å². The first kappa shape index (κ1) is 13.8. The molecule has 0 aromatic heterocycles. The predicted molar refractivity (Wildman–Crippen MR) is 71.3 cm³/mol. The molecule has 2 aliphatic rings. The van der Waals surface area contributed by atoms with E-state index >= 15 is 0 Å². The lowest BCUT2D eigenvalue weighted by Crippen LogP contribution is -2.46. The SMILES string of the molecule is O=C1CC(N(CCO)C2CCCCC2)CCCN1. The van der Waals surface area contributed by atoms with Crippen molar-refractivity contribution in [2.75, 3.05) is 19.7 Å². The highest BCUT2D eigenvalue weighted by molar-refractivity contribution is 5.76. The quantitative estimate of drug-likeness (QED) is 0.794. The van der Waals surface area contributed by atoms with Crippen LogP contribution in [0.15, 0.2) is 0 Å². The normalized spacial score (nSPS) is 27.0. The zero-order valence-corrected chi connectivity index (χ0v) is 11.2. The lowest BCUT2D eigenvalue weighted by atomic mass is 9.92. The molecule has 1 aliphatic heterocycles. The van der Waals surface area contributed by atoms with Crippen LogP contribution in [-0.2, 0) is 4.79 Å². The van der Waals surface area contributed by atoms with E-state index in [1.165, 1.54) is 32.1 Å². The number of carbonyl (C=O) groups is 1. The lowest BCUT2D eigenvalue weighted by molar-refractivity contribution is -0.122. The highest BCUT2D eigenvalue weighted by atomic mass is 16.3. The summed E-state index contributed by atoms with van der Waals surface area (Å²) < 4.78 is 0. The molecule has 0 aromatic rings. The van der Waals surface area contributed by atoms with Gasteiger partial charge in [-0.15, -0.1) is 0 Å². The molecule has 1 heterocycles. The summed E-state index contributed by atoms with van der Waals surface area (Å²) in [6, 6.07) is 0.921. The van der Waals surface area contributed by atoms with Gasteiger partial charge >= 0.3 is 0 Å². The van der Waals surface area contributed by atoms with Gasteiger partial charge in [0.1, 0.15) is 0 Å². The summed E-state index contributed by atoms with van der Waals surface area (Å²) in [6.07, 6.45) is 9.15. The van der Waals surface area contributed by atoms with Gasteiger partial charge in [-0.3, -0.25) is 9.69 Å². The summed E-state index contributed by atoms with van der Waals surface area (Å²) in [5.41, 5.74) is 0. The molecular formula is C14H26N2O2. The molecule has 1 amide bonds. The first-order valence-corrected chi connectivity index (χ1v) is 7.44. The molecule has 1 aliphatic carbocycles. The van der Waals surface area contributed by atoms with Gasteiger partial charge in [-0.1, -0.05) is 19.3 Å². The van der Waals surface area contributed by atoms with Crippen LogP contribution in [0.2, 0.25) is 0 Å². The van der Waals surface area contributed by atoms with E-state index in [4.69, 9.17) is 0 Å². The molecule has 4 nitrogen and oxygen atoms in total. The van der Waals surface area contributed by atoms with Crippen LogP contribution in [-0.4, -0.2) is 47.7 Å². The molecule has 0 radical (unpaired) electrons. The Hall–Kier alpha value is -0.610. The van der Waals surface area contributed by atoms with Gasteiger partial charge in [0, 0.05) is 31.6 Å². The fourth-order valence-electron chi connectivity index (χ4n) is 3.43. The molecule has 2 N–H and O–H groups in total. The molecule has 2 rings (SSSR count). The Bertz CT molecular complexity index is 265. The van der Waals surface area contributed by atoms with E-state index in [9.17, 15) is 9.90 Å². The van der Waals surface area contributed by atoms with Gasteiger partial charge in [-0.2, -0.15) is 0 Å². The molecule has 2 fully saturated rings. The minimum atomic E-state index is 0.177. The maximum absolute atomic E-state index is 11.7. The van der Waals surface area contributed by atoms with Gasteiger partial charge in [-0.25, -0.2) is 0 Å². The molecule has 1 saturated carbocycles. The van der Waals surface area contributed by atoms with Crippen molar-refractivity contribution in [3.05, 3.63) is 0 Å². The zero-order valence-electron chi connectivity index (χ0n) is 11.2. The Kier molecular flexibility index (Phi) is 5.45. The van der Waals surface area contributed by atoms with Crippen molar-refractivity contribution in [1.82, 2.24) is 10.2 Å². The van der Waals surface area contributed by atoms with E-state index in [-0.39, 0.29) is 12.5 Å². The summed E-state index contributed by atoms with van der Waals surface area (Å²) in [7, 11) is 0. The van der Waals surface area contributed by atoms with Crippen molar-refractivity contribution in [3.63, 3.8) is 0 Å². The maximum atomic E-state index is 11.7. The molecule has 4 heteroatoms. The second-order valence-electron chi connectivity index (χ2n) is 5.60. The highest BCUT2D eigenvalue weighted by Gasteiger charge is 2.29. The van der Waals surface area contributed by atoms with Gasteiger partial charge in [0.15, 0.2) is 0 Å². The minimum Gasteiger partial charge on any atom is -0.395 e. The van der Waals surface area contributed by atoms with Gasteiger partial charge < -0.3 is 10.4 Å². The first-order chi connectivity index (χ1) is 8.81. The number of amides is 1. The molecule has 104 valence electrons. The number of carbonyl (C=O) groups excluding carboxylic acids is 1. The van der Waals surface area contributed by atoms with Crippen molar-refractivity contribution < 1.29 is 9.90 Å². The van der Waals surface area contributed by atoms with E-state index in [0.717, 1.165) is 25.9 Å². The fraction of sp³-hybridized carbons (Fsp3) is 0.929. The van der Waals surface area contributed by atoms with Crippen molar-refractivity contribution >= 4 is 5.91 Å². The summed E-state index contributed by atoms with van der Waals surface area (Å²) >= 11 is 0. The van der Waals surface area contributed by atoms with E-state index < -0.39 is 0 Å². The summed E-state index contributed by atoms with van der Waals surface area (Å²) in [5, 5.41) is 12.2. The first-order valence-electron chi connectivity index (χ1n) is 7.44. The fourth-order valence-corrected chi connectivity index (χ4v) is 3.43. The third-order valence-electron chi connectivity index (χ3n) is 4.33. The number of aliphatic hydroxyl groups excluding tert-OH is 1. The molecular weight excluding hydrogens is 228 g/mol. The topological polar surface area (TPSA) is 52.6 Å². The van der Waals surface area contributed by atoms with Crippen LogP contribution in [0.3, 0.4) is 0 Å². The van der Waals surface area contributed by atoms with E-state index in [1.54, 1.807) is 0 Å². The number of hydrogen-bond donors (Lipinski definition) is 2. The molecule has 0 aromatic carbocycles. The Morgan fingerprint density at radius 2 is 1.83 bits per heavy atom. The van der Waals surface area contributed by atoms with Gasteiger partial charge in [0.05, 0.1) is 6.61 Å². The van der Waals surface area contributed by atoms with Gasteiger partial charge in [0.25, 0.3) is 0 Å². The van der Waals surface area contributed by atoms with Crippen LogP contribution in [0.5, 0.6) is 0 Å². The standard InChI is InChI=1S/C14H26N2O2/c17-10-9-16(12-5-2-1-3-6-12)13-7-4-8-15-14(18)11-13/h12-13,17H,1-11H2,(H,15,18). The summed E-state index contributed by atoms with van der Waals surface area (Å²) in [4.78, 5) is 14.1. The van der Waals surface area contributed by atoms with Crippen LogP contribution in [0.4, 0.5) is 0 Å². The van der Waals surface area contributed by atoms with Crippen LogP contribution in [0.25, 0.3) is 0 Å². The Balaban J connectivity index is 1.99. The highest BCUT2D eigenvalue weighted by Crippen LogP contribution is 2.26. The van der Waals surface area contributed by atoms with Crippen LogP contribution < -0.4 is 5.32 Å². The number of nitrogens with zero attached hydrogens (tertiary/aromatic N) is 1. The van der Waals surface area contributed by atoms with Crippen molar-refractivity contribution in [1.29, 1.82) is 0 Å². The van der Waals surface area contributed by atoms with E-state index in [0.29, 0.717) is 18.5 Å². The maximum Gasteiger partial charge on any atom is 0.221 e. The molecule has 0 bridgehead atoms. The second-order valence-corrected chi connectivity index (χ2v) is 5.60. The average molecular weight is 254 g/mol. The smallest absolute Gasteiger partial charge is 0.221 e. The number of rotatable bonds is 4. The molecule has 1 atom stereocenters. The average Bonchev–Trinajstić information content (AvgIpc) is 2.61. The van der Waals surface area contributed by atoms with Crippen LogP contribution in [0, 0.1) is 0 Å². The van der Waals surface area contributed by atoms with Crippen LogP contribution in [0.1, 0.15) is 51.4 Å². The predicted octanol–water partition coefficient (Wildman–Crippen LogP) is 1.28. The monoisotopic (exact) mass is 254 g/mol.